The Morgan fingerprint density at radius 1 is 0.864 bits per heavy atom. The molecule has 4 N–H and O–H groups in total. The molecule has 3 amide bonds. The lowest BCUT2D eigenvalue weighted by atomic mass is 10.1. The zero-order valence-corrected chi connectivity index (χ0v) is 25.1. The van der Waals surface area contributed by atoms with Crippen LogP contribution in [-0.4, -0.2) is 41.2 Å². The third-order valence-corrected chi connectivity index (χ3v) is 7.36. The first-order chi connectivity index (χ1) is 21.2. The topological polar surface area (TPSA) is 134 Å². The molecule has 11 heteroatoms. The lowest BCUT2D eigenvalue weighted by Crippen LogP contribution is -2.30. The quantitative estimate of drug-likeness (QED) is 0.103. The highest BCUT2D eigenvalue weighted by molar-refractivity contribution is 8.00. The number of amides is 3. The molecular formula is C33H28ClN3O6S. The van der Waals surface area contributed by atoms with Crippen LogP contribution >= 0.6 is 23.4 Å². The number of benzene rings is 4. The van der Waals surface area contributed by atoms with Crippen molar-refractivity contribution in [1.29, 1.82) is 0 Å². The number of hydrogen-bond donors (Lipinski definition) is 4. The predicted octanol–water partition coefficient (Wildman–Crippen LogP) is 6.58. The summed E-state index contributed by atoms with van der Waals surface area (Å²) in [4.78, 5) is 50.7. The molecule has 0 fully saturated rings. The molecule has 0 radical (unpaired) electrons. The molecule has 0 aromatic heterocycles. The summed E-state index contributed by atoms with van der Waals surface area (Å²) in [5.41, 5.74) is 1.72. The Bertz CT molecular complexity index is 1690. The van der Waals surface area contributed by atoms with Crippen LogP contribution in [0, 0.1) is 0 Å². The molecule has 4 aromatic rings. The summed E-state index contributed by atoms with van der Waals surface area (Å²) >= 11 is 7.33. The van der Waals surface area contributed by atoms with Crippen molar-refractivity contribution in [3.8, 4) is 5.75 Å². The van der Waals surface area contributed by atoms with Gasteiger partial charge >= 0.3 is 5.97 Å². The van der Waals surface area contributed by atoms with Crippen LogP contribution < -0.4 is 20.7 Å². The van der Waals surface area contributed by atoms with E-state index >= 15 is 0 Å². The monoisotopic (exact) mass is 629 g/mol. The Morgan fingerprint density at radius 2 is 1.57 bits per heavy atom. The van der Waals surface area contributed by atoms with E-state index in [2.05, 4.69) is 16.0 Å². The van der Waals surface area contributed by atoms with E-state index in [0.29, 0.717) is 29.2 Å². The fourth-order valence-corrected chi connectivity index (χ4v) is 4.77. The third-order valence-electron chi connectivity index (χ3n) is 6.02. The number of hydrogen-bond acceptors (Lipinski definition) is 6. The number of carbonyl (C=O) groups is 4. The number of para-hydroxylation sites is 1. The van der Waals surface area contributed by atoms with E-state index in [1.807, 2.05) is 13.0 Å². The number of carboxylic acid groups (broad SMARTS) is 1. The van der Waals surface area contributed by atoms with Crippen LogP contribution in [0.2, 0.25) is 5.02 Å². The first-order valence-electron chi connectivity index (χ1n) is 13.4. The fraction of sp³-hybridized carbons (Fsp3) is 0.0909. The van der Waals surface area contributed by atoms with Gasteiger partial charge in [-0.15, -0.1) is 11.8 Å². The minimum atomic E-state index is -1.13. The number of carboxylic acids is 1. The Morgan fingerprint density at radius 3 is 2.27 bits per heavy atom. The third kappa shape index (κ3) is 8.97. The molecule has 0 aliphatic carbocycles. The summed E-state index contributed by atoms with van der Waals surface area (Å²) in [6, 6.07) is 26.6. The Kier molecular flexibility index (Phi) is 11.2. The minimum Gasteiger partial charge on any atom is -0.493 e. The van der Waals surface area contributed by atoms with E-state index < -0.39 is 17.8 Å². The van der Waals surface area contributed by atoms with Crippen LogP contribution in [0.3, 0.4) is 0 Å². The van der Waals surface area contributed by atoms with Gasteiger partial charge in [0.05, 0.1) is 28.6 Å². The number of thioether (sulfide) groups is 1. The molecule has 224 valence electrons. The van der Waals surface area contributed by atoms with Crippen molar-refractivity contribution in [2.45, 2.75) is 11.8 Å². The molecule has 44 heavy (non-hydrogen) atoms. The number of ether oxygens (including phenoxy) is 1. The zero-order chi connectivity index (χ0) is 31.5. The lowest BCUT2D eigenvalue weighted by Gasteiger charge is -2.13. The molecule has 0 bridgehead atoms. The molecule has 0 unspecified atom stereocenters. The Balaban J connectivity index is 1.43. The lowest BCUT2D eigenvalue weighted by molar-refractivity contribution is -0.114. The summed E-state index contributed by atoms with van der Waals surface area (Å²) in [6.45, 7) is 2.29. The second-order valence-electron chi connectivity index (χ2n) is 9.16. The molecule has 0 saturated heterocycles. The van der Waals surface area contributed by atoms with Gasteiger partial charge in [0.2, 0.25) is 5.91 Å². The van der Waals surface area contributed by atoms with E-state index in [0.717, 1.165) is 4.90 Å². The molecule has 0 atom stereocenters. The van der Waals surface area contributed by atoms with Crippen LogP contribution in [0.15, 0.2) is 108 Å². The summed E-state index contributed by atoms with van der Waals surface area (Å²) in [5.74, 6) is -1.88. The van der Waals surface area contributed by atoms with E-state index in [4.69, 9.17) is 21.4 Å². The molecule has 0 saturated carbocycles. The van der Waals surface area contributed by atoms with Crippen molar-refractivity contribution in [3.05, 3.63) is 124 Å². The van der Waals surface area contributed by atoms with Gasteiger partial charge in [0.25, 0.3) is 11.8 Å². The normalized spacial score (nSPS) is 10.9. The molecule has 4 rings (SSSR count). The van der Waals surface area contributed by atoms with Gasteiger partial charge in [-0.3, -0.25) is 14.4 Å². The maximum absolute atomic E-state index is 13.4. The molecule has 0 spiro atoms. The Labute approximate surface area is 263 Å². The average molecular weight is 630 g/mol. The van der Waals surface area contributed by atoms with Crippen LogP contribution in [0.5, 0.6) is 5.75 Å². The van der Waals surface area contributed by atoms with Crippen molar-refractivity contribution in [3.63, 3.8) is 0 Å². The van der Waals surface area contributed by atoms with Gasteiger partial charge in [-0.2, -0.15) is 0 Å². The minimum absolute atomic E-state index is 0.00567. The van der Waals surface area contributed by atoms with Crippen molar-refractivity contribution in [2.75, 3.05) is 23.0 Å². The average Bonchev–Trinajstić information content (AvgIpc) is 3.02. The number of aromatic carboxylic acids is 1. The summed E-state index contributed by atoms with van der Waals surface area (Å²) in [5, 5.41) is 17.5. The highest BCUT2D eigenvalue weighted by Gasteiger charge is 2.17. The van der Waals surface area contributed by atoms with E-state index in [-0.39, 0.29) is 33.6 Å². The van der Waals surface area contributed by atoms with Gasteiger partial charge in [0.15, 0.2) is 0 Å². The van der Waals surface area contributed by atoms with Crippen LogP contribution in [0.1, 0.15) is 33.2 Å². The predicted molar refractivity (Wildman–Crippen MR) is 172 cm³/mol. The van der Waals surface area contributed by atoms with Crippen LogP contribution in [0.25, 0.3) is 6.08 Å². The number of anilines is 2. The standard InChI is InChI=1S/C33H28ClN3O6S/c1-2-43-29-11-7-6-10-22(29)18-28(37-31(39)21-8-4-3-5-9-21)32(40)35-24-13-15-25(16-14-24)44-20-30(38)36-27-19-23(33(41)42)12-17-26(27)34/h3-19H,2,20H2,1H3,(H,35,40)(H,36,38)(H,37,39)(H,41,42)/b28-18-. The van der Waals surface area contributed by atoms with Crippen molar-refractivity contribution >= 4 is 64.5 Å². The molecule has 0 heterocycles. The SMILES string of the molecule is CCOc1ccccc1/C=C(\NC(=O)c1ccccc1)C(=O)Nc1ccc(SCC(=O)Nc2cc(C(=O)O)ccc2Cl)cc1. The van der Waals surface area contributed by atoms with Crippen molar-refractivity contribution in [1.82, 2.24) is 5.32 Å². The van der Waals surface area contributed by atoms with E-state index in [9.17, 15) is 19.2 Å². The summed E-state index contributed by atoms with van der Waals surface area (Å²) < 4.78 is 5.68. The van der Waals surface area contributed by atoms with E-state index in [1.165, 1.54) is 30.0 Å². The van der Waals surface area contributed by atoms with Gasteiger partial charge in [0.1, 0.15) is 11.4 Å². The van der Waals surface area contributed by atoms with Crippen LogP contribution in [-0.2, 0) is 9.59 Å². The highest BCUT2D eigenvalue weighted by Crippen LogP contribution is 2.26. The van der Waals surface area contributed by atoms with Crippen molar-refractivity contribution in [2.24, 2.45) is 0 Å². The zero-order valence-electron chi connectivity index (χ0n) is 23.5. The second-order valence-corrected chi connectivity index (χ2v) is 10.6. The first-order valence-corrected chi connectivity index (χ1v) is 14.8. The molecule has 4 aromatic carbocycles. The number of rotatable bonds is 12. The van der Waals surface area contributed by atoms with E-state index in [1.54, 1.807) is 78.9 Å². The molecule has 0 aliphatic rings. The fourth-order valence-electron chi connectivity index (χ4n) is 3.91. The molecule has 0 aliphatic heterocycles. The van der Waals surface area contributed by atoms with Crippen molar-refractivity contribution < 1.29 is 29.0 Å². The first kappa shape index (κ1) is 31.9. The maximum atomic E-state index is 13.4. The Hall–Kier alpha value is -5.06. The molecular weight excluding hydrogens is 602 g/mol. The van der Waals surface area contributed by atoms with Gasteiger partial charge in [-0.05, 0) is 73.7 Å². The largest absolute Gasteiger partial charge is 0.493 e. The summed E-state index contributed by atoms with van der Waals surface area (Å²) in [7, 11) is 0. The van der Waals surface area contributed by atoms with Gasteiger partial charge in [-0.1, -0.05) is 48.0 Å². The number of halogens is 1. The molecule has 9 nitrogen and oxygen atoms in total. The number of nitrogens with one attached hydrogen (secondary N) is 3. The second kappa shape index (κ2) is 15.4. The summed E-state index contributed by atoms with van der Waals surface area (Å²) in [6.07, 6.45) is 1.56. The van der Waals surface area contributed by atoms with Gasteiger partial charge < -0.3 is 25.8 Å². The number of carbonyl (C=O) groups excluding carboxylic acids is 3. The smallest absolute Gasteiger partial charge is 0.335 e. The van der Waals surface area contributed by atoms with Crippen LogP contribution in [0.4, 0.5) is 11.4 Å². The van der Waals surface area contributed by atoms with Gasteiger partial charge in [-0.25, -0.2) is 4.79 Å². The van der Waals surface area contributed by atoms with Gasteiger partial charge in [0, 0.05) is 21.7 Å². The maximum Gasteiger partial charge on any atom is 0.335 e. The highest BCUT2D eigenvalue weighted by atomic mass is 35.5.